The van der Waals surface area contributed by atoms with Crippen molar-refractivity contribution in [2.75, 3.05) is 13.7 Å². The fourth-order valence-corrected chi connectivity index (χ4v) is 1.99. The van der Waals surface area contributed by atoms with Gasteiger partial charge >= 0.3 is 6.18 Å². The Labute approximate surface area is 107 Å². The van der Waals surface area contributed by atoms with E-state index in [1.807, 2.05) is 0 Å². The van der Waals surface area contributed by atoms with Crippen LogP contribution in [0.1, 0.15) is 17.5 Å². The van der Waals surface area contributed by atoms with Crippen LogP contribution in [0, 0.1) is 0 Å². The van der Waals surface area contributed by atoms with E-state index in [1.165, 1.54) is 12.1 Å². The standard InChI is InChI=1S/C12H14BrF3O/c1-17-7-6-11(13)8-9-2-4-10(5-3-9)12(14,15)16/h2-5,11H,6-8H2,1H3. The van der Waals surface area contributed by atoms with Crippen LogP contribution in [-0.4, -0.2) is 18.5 Å². The minimum Gasteiger partial charge on any atom is -0.385 e. The predicted octanol–water partition coefficient (Wildman–Crippen LogP) is 4.05. The number of hydrogen-bond acceptors (Lipinski definition) is 1. The van der Waals surface area contributed by atoms with E-state index in [0.29, 0.717) is 13.0 Å². The van der Waals surface area contributed by atoms with Crippen molar-refractivity contribution >= 4 is 15.9 Å². The second-order valence-corrected chi connectivity index (χ2v) is 5.07. The average Bonchev–Trinajstić information content (AvgIpc) is 2.26. The van der Waals surface area contributed by atoms with Crippen LogP contribution in [0.4, 0.5) is 13.2 Å². The Morgan fingerprint density at radius 3 is 2.29 bits per heavy atom. The van der Waals surface area contributed by atoms with Gasteiger partial charge in [0, 0.05) is 18.5 Å². The molecule has 0 saturated carbocycles. The molecule has 5 heteroatoms. The third-order valence-electron chi connectivity index (χ3n) is 2.37. The Kier molecular flexibility index (Phi) is 5.46. The topological polar surface area (TPSA) is 9.23 Å². The zero-order valence-electron chi connectivity index (χ0n) is 9.43. The van der Waals surface area contributed by atoms with Gasteiger partial charge in [-0.3, -0.25) is 0 Å². The van der Waals surface area contributed by atoms with Crippen molar-refractivity contribution in [3.05, 3.63) is 35.4 Å². The molecule has 0 radical (unpaired) electrons. The van der Waals surface area contributed by atoms with Gasteiger partial charge in [-0.1, -0.05) is 28.1 Å². The van der Waals surface area contributed by atoms with Gasteiger partial charge in [-0.25, -0.2) is 0 Å². The van der Waals surface area contributed by atoms with Crippen LogP contribution >= 0.6 is 15.9 Å². The summed E-state index contributed by atoms with van der Waals surface area (Å²) in [6.45, 7) is 0.635. The molecule has 17 heavy (non-hydrogen) atoms. The Bertz CT molecular complexity index is 335. The lowest BCUT2D eigenvalue weighted by Crippen LogP contribution is -2.08. The second kappa shape index (κ2) is 6.40. The summed E-state index contributed by atoms with van der Waals surface area (Å²) >= 11 is 3.47. The lowest BCUT2D eigenvalue weighted by atomic mass is 10.1. The summed E-state index contributed by atoms with van der Waals surface area (Å²) in [4.78, 5) is 0.221. The number of alkyl halides is 4. The summed E-state index contributed by atoms with van der Waals surface area (Å²) in [6.07, 6.45) is -2.73. The lowest BCUT2D eigenvalue weighted by molar-refractivity contribution is -0.137. The molecule has 0 aliphatic rings. The number of methoxy groups -OCH3 is 1. The molecule has 1 nitrogen and oxygen atoms in total. The van der Waals surface area contributed by atoms with Crippen LogP contribution in [0.2, 0.25) is 0 Å². The van der Waals surface area contributed by atoms with Gasteiger partial charge < -0.3 is 4.74 Å². The van der Waals surface area contributed by atoms with E-state index in [9.17, 15) is 13.2 Å². The molecule has 0 fully saturated rings. The third kappa shape index (κ3) is 5.08. The Morgan fingerprint density at radius 1 is 1.24 bits per heavy atom. The summed E-state index contributed by atoms with van der Waals surface area (Å²) in [5.74, 6) is 0. The molecular weight excluding hydrogens is 297 g/mol. The highest BCUT2D eigenvalue weighted by Crippen LogP contribution is 2.29. The molecule has 0 saturated heterocycles. The van der Waals surface area contributed by atoms with Crippen LogP contribution in [-0.2, 0) is 17.3 Å². The summed E-state index contributed by atoms with van der Waals surface area (Å²) < 4.78 is 41.9. The van der Waals surface area contributed by atoms with E-state index < -0.39 is 11.7 Å². The minimum absolute atomic E-state index is 0.221. The van der Waals surface area contributed by atoms with Gasteiger partial charge in [0.2, 0.25) is 0 Å². The van der Waals surface area contributed by atoms with E-state index in [-0.39, 0.29) is 4.83 Å². The molecule has 96 valence electrons. The van der Waals surface area contributed by atoms with Crippen molar-refractivity contribution in [1.82, 2.24) is 0 Å². The molecule has 0 aliphatic heterocycles. The Hall–Kier alpha value is -0.550. The highest BCUT2D eigenvalue weighted by molar-refractivity contribution is 9.09. The number of ether oxygens (including phenoxy) is 1. The molecule has 0 bridgehead atoms. The summed E-state index contributed by atoms with van der Waals surface area (Å²) in [7, 11) is 1.62. The van der Waals surface area contributed by atoms with Crippen molar-refractivity contribution in [2.24, 2.45) is 0 Å². The van der Waals surface area contributed by atoms with Gasteiger partial charge in [0.05, 0.1) is 5.56 Å². The summed E-state index contributed by atoms with van der Waals surface area (Å²) in [5.41, 5.74) is 0.278. The van der Waals surface area contributed by atoms with Crippen molar-refractivity contribution < 1.29 is 17.9 Å². The summed E-state index contributed by atoms with van der Waals surface area (Å²) in [6, 6.07) is 5.27. The minimum atomic E-state index is -4.26. The third-order valence-corrected chi connectivity index (χ3v) is 3.16. The molecule has 1 aromatic carbocycles. The lowest BCUT2D eigenvalue weighted by Gasteiger charge is -2.11. The number of rotatable bonds is 5. The first-order chi connectivity index (χ1) is 7.93. The van der Waals surface area contributed by atoms with Crippen LogP contribution < -0.4 is 0 Å². The second-order valence-electron chi connectivity index (χ2n) is 3.78. The molecule has 0 spiro atoms. The molecule has 0 N–H and O–H groups in total. The monoisotopic (exact) mass is 310 g/mol. The normalized spacial score (nSPS) is 13.7. The van der Waals surface area contributed by atoms with E-state index in [0.717, 1.165) is 24.1 Å². The molecule has 1 rings (SSSR count). The highest BCUT2D eigenvalue weighted by Gasteiger charge is 2.29. The first-order valence-corrected chi connectivity index (χ1v) is 6.14. The fourth-order valence-electron chi connectivity index (χ4n) is 1.43. The van der Waals surface area contributed by atoms with Gasteiger partial charge in [-0.05, 0) is 30.5 Å². The smallest absolute Gasteiger partial charge is 0.385 e. The van der Waals surface area contributed by atoms with Crippen molar-refractivity contribution in [1.29, 1.82) is 0 Å². The van der Waals surface area contributed by atoms with Gasteiger partial charge in [-0.2, -0.15) is 13.2 Å². The first kappa shape index (κ1) is 14.5. The SMILES string of the molecule is COCCC(Br)Cc1ccc(C(F)(F)F)cc1. The fraction of sp³-hybridized carbons (Fsp3) is 0.500. The van der Waals surface area contributed by atoms with Gasteiger partial charge in [-0.15, -0.1) is 0 Å². The predicted molar refractivity (Wildman–Crippen MR) is 64.4 cm³/mol. The average molecular weight is 311 g/mol. The van der Waals surface area contributed by atoms with Crippen LogP contribution in [0.3, 0.4) is 0 Å². The number of benzene rings is 1. The van der Waals surface area contributed by atoms with Crippen molar-refractivity contribution in [3.63, 3.8) is 0 Å². The van der Waals surface area contributed by atoms with Crippen LogP contribution in [0.5, 0.6) is 0 Å². The van der Waals surface area contributed by atoms with E-state index in [2.05, 4.69) is 15.9 Å². The first-order valence-electron chi connectivity index (χ1n) is 5.22. The molecule has 1 aromatic rings. The highest BCUT2D eigenvalue weighted by atomic mass is 79.9. The molecule has 0 aromatic heterocycles. The maximum absolute atomic E-state index is 12.3. The number of hydrogen-bond donors (Lipinski definition) is 0. The zero-order valence-corrected chi connectivity index (χ0v) is 11.0. The van der Waals surface area contributed by atoms with E-state index in [1.54, 1.807) is 7.11 Å². The van der Waals surface area contributed by atoms with Gasteiger partial charge in [0.15, 0.2) is 0 Å². The maximum Gasteiger partial charge on any atom is 0.416 e. The Morgan fingerprint density at radius 2 is 1.82 bits per heavy atom. The maximum atomic E-state index is 12.3. The number of halogens is 4. The largest absolute Gasteiger partial charge is 0.416 e. The molecule has 1 unspecified atom stereocenters. The molecule has 0 amide bonds. The molecular formula is C12H14BrF3O. The molecule has 0 aliphatic carbocycles. The molecule has 1 atom stereocenters. The van der Waals surface area contributed by atoms with Crippen LogP contribution in [0.15, 0.2) is 24.3 Å². The quantitative estimate of drug-likeness (QED) is 0.746. The van der Waals surface area contributed by atoms with E-state index in [4.69, 9.17) is 4.74 Å². The van der Waals surface area contributed by atoms with Crippen LogP contribution in [0.25, 0.3) is 0 Å². The Balaban J connectivity index is 2.56. The van der Waals surface area contributed by atoms with E-state index >= 15 is 0 Å². The van der Waals surface area contributed by atoms with Gasteiger partial charge in [0.1, 0.15) is 0 Å². The van der Waals surface area contributed by atoms with Crippen molar-refractivity contribution in [2.45, 2.75) is 23.8 Å². The zero-order chi connectivity index (χ0) is 12.9. The summed E-state index contributed by atoms with van der Waals surface area (Å²) in [5, 5.41) is 0. The molecule has 0 heterocycles. The van der Waals surface area contributed by atoms with Crippen molar-refractivity contribution in [3.8, 4) is 0 Å². The van der Waals surface area contributed by atoms with Gasteiger partial charge in [0.25, 0.3) is 0 Å².